The summed E-state index contributed by atoms with van der Waals surface area (Å²) in [6.07, 6.45) is 3.48. The van der Waals surface area contributed by atoms with E-state index in [1.54, 1.807) is 12.5 Å². The van der Waals surface area contributed by atoms with E-state index in [0.717, 1.165) is 29.0 Å². The number of nitrogens with zero attached hydrogens (tertiary/aromatic N) is 4. The van der Waals surface area contributed by atoms with E-state index in [1.807, 2.05) is 28.8 Å². The number of pyridine rings is 1. The Morgan fingerprint density at radius 1 is 1.30 bits per heavy atom. The van der Waals surface area contributed by atoms with Crippen LogP contribution in [0.3, 0.4) is 0 Å². The zero-order chi connectivity index (χ0) is 13.9. The van der Waals surface area contributed by atoms with Gasteiger partial charge in [0.25, 0.3) is 0 Å². The number of aromatic nitrogens is 4. The molecule has 3 N–H and O–H groups in total. The fraction of sp³-hybridized carbons (Fsp3) is 0.214. The number of rotatable bonds is 4. The highest BCUT2D eigenvalue weighted by atomic mass is 15.3. The van der Waals surface area contributed by atoms with Crippen LogP contribution in [0.25, 0.3) is 10.9 Å². The molecular weight excluding hydrogens is 252 g/mol. The Morgan fingerprint density at radius 3 is 3.05 bits per heavy atom. The Kier molecular flexibility index (Phi) is 3.20. The molecule has 0 amide bonds. The second-order valence-corrected chi connectivity index (χ2v) is 4.49. The van der Waals surface area contributed by atoms with Crippen molar-refractivity contribution >= 4 is 22.3 Å². The van der Waals surface area contributed by atoms with Crippen molar-refractivity contribution in [2.75, 3.05) is 11.1 Å². The number of fused-ring (bicyclic) bond motifs is 1. The van der Waals surface area contributed by atoms with Gasteiger partial charge in [0.1, 0.15) is 6.33 Å². The molecule has 1 aromatic carbocycles. The standard InChI is InChI=1S/C14H16N6/c1-2-20-9-18-19-13(20)8-17-12-6-5-11(15)14-10(12)4-3-7-16-14/h3-7,9,17H,2,8,15H2,1H3. The third-order valence-electron chi connectivity index (χ3n) is 3.27. The quantitative estimate of drug-likeness (QED) is 0.708. The zero-order valence-electron chi connectivity index (χ0n) is 11.2. The molecule has 0 bridgehead atoms. The molecule has 0 unspecified atom stereocenters. The van der Waals surface area contributed by atoms with Crippen LogP contribution in [0.5, 0.6) is 0 Å². The smallest absolute Gasteiger partial charge is 0.152 e. The molecule has 0 saturated heterocycles. The van der Waals surface area contributed by atoms with E-state index in [0.29, 0.717) is 12.2 Å². The van der Waals surface area contributed by atoms with Gasteiger partial charge in [0.15, 0.2) is 5.82 Å². The summed E-state index contributed by atoms with van der Waals surface area (Å²) >= 11 is 0. The van der Waals surface area contributed by atoms with E-state index in [2.05, 4.69) is 27.4 Å². The van der Waals surface area contributed by atoms with Crippen LogP contribution in [0, 0.1) is 0 Å². The molecule has 0 saturated carbocycles. The average Bonchev–Trinajstić information content (AvgIpc) is 2.94. The summed E-state index contributed by atoms with van der Waals surface area (Å²) in [6, 6.07) is 7.74. The topological polar surface area (TPSA) is 81.7 Å². The minimum atomic E-state index is 0.613. The summed E-state index contributed by atoms with van der Waals surface area (Å²) in [6.45, 7) is 3.53. The van der Waals surface area contributed by atoms with Crippen molar-refractivity contribution in [1.82, 2.24) is 19.7 Å². The first-order valence-corrected chi connectivity index (χ1v) is 6.53. The van der Waals surface area contributed by atoms with Crippen LogP contribution < -0.4 is 11.1 Å². The van der Waals surface area contributed by atoms with Gasteiger partial charge in [-0.3, -0.25) is 4.98 Å². The maximum Gasteiger partial charge on any atom is 0.152 e. The lowest BCUT2D eigenvalue weighted by Gasteiger charge is -2.10. The van der Waals surface area contributed by atoms with Crippen molar-refractivity contribution in [1.29, 1.82) is 0 Å². The molecule has 0 aliphatic rings. The van der Waals surface area contributed by atoms with E-state index in [1.165, 1.54) is 0 Å². The van der Waals surface area contributed by atoms with Crippen LogP contribution in [0.2, 0.25) is 0 Å². The van der Waals surface area contributed by atoms with Gasteiger partial charge in [0, 0.05) is 23.8 Å². The lowest BCUT2D eigenvalue weighted by atomic mass is 10.1. The van der Waals surface area contributed by atoms with Crippen molar-refractivity contribution in [3.8, 4) is 0 Å². The number of nitrogen functional groups attached to an aromatic ring is 1. The van der Waals surface area contributed by atoms with Crippen LogP contribution in [-0.2, 0) is 13.1 Å². The second kappa shape index (κ2) is 5.16. The number of anilines is 2. The lowest BCUT2D eigenvalue weighted by molar-refractivity contribution is 0.708. The number of benzene rings is 1. The summed E-state index contributed by atoms with van der Waals surface area (Å²) in [5, 5.41) is 12.4. The van der Waals surface area contributed by atoms with Gasteiger partial charge in [-0.2, -0.15) is 0 Å². The highest BCUT2D eigenvalue weighted by Gasteiger charge is 2.06. The van der Waals surface area contributed by atoms with E-state index >= 15 is 0 Å². The van der Waals surface area contributed by atoms with Gasteiger partial charge in [-0.05, 0) is 31.2 Å². The molecule has 3 rings (SSSR count). The molecule has 6 nitrogen and oxygen atoms in total. The minimum absolute atomic E-state index is 0.613. The summed E-state index contributed by atoms with van der Waals surface area (Å²) in [5.74, 6) is 0.904. The molecule has 3 aromatic rings. The van der Waals surface area contributed by atoms with Gasteiger partial charge >= 0.3 is 0 Å². The largest absolute Gasteiger partial charge is 0.397 e. The van der Waals surface area contributed by atoms with Crippen molar-refractivity contribution in [3.05, 3.63) is 42.6 Å². The Morgan fingerprint density at radius 2 is 2.20 bits per heavy atom. The van der Waals surface area contributed by atoms with Gasteiger partial charge in [0.2, 0.25) is 0 Å². The van der Waals surface area contributed by atoms with Crippen LogP contribution in [-0.4, -0.2) is 19.7 Å². The first-order valence-electron chi connectivity index (χ1n) is 6.53. The summed E-state index contributed by atoms with van der Waals surface area (Å²) < 4.78 is 2.00. The maximum absolute atomic E-state index is 5.94. The van der Waals surface area contributed by atoms with Gasteiger partial charge in [-0.25, -0.2) is 0 Å². The van der Waals surface area contributed by atoms with E-state index < -0.39 is 0 Å². The molecule has 0 aliphatic carbocycles. The molecule has 20 heavy (non-hydrogen) atoms. The van der Waals surface area contributed by atoms with E-state index in [9.17, 15) is 0 Å². The minimum Gasteiger partial charge on any atom is -0.397 e. The Balaban J connectivity index is 1.90. The van der Waals surface area contributed by atoms with E-state index in [-0.39, 0.29) is 0 Å². The lowest BCUT2D eigenvalue weighted by Crippen LogP contribution is -2.08. The highest BCUT2D eigenvalue weighted by Crippen LogP contribution is 2.26. The van der Waals surface area contributed by atoms with Crippen molar-refractivity contribution in [2.45, 2.75) is 20.0 Å². The van der Waals surface area contributed by atoms with Crippen LogP contribution in [0.4, 0.5) is 11.4 Å². The fourth-order valence-electron chi connectivity index (χ4n) is 2.20. The van der Waals surface area contributed by atoms with Gasteiger partial charge in [0.05, 0.1) is 17.7 Å². The van der Waals surface area contributed by atoms with Crippen LogP contribution in [0.1, 0.15) is 12.7 Å². The van der Waals surface area contributed by atoms with Crippen molar-refractivity contribution in [2.24, 2.45) is 0 Å². The summed E-state index contributed by atoms with van der Waals surface area (Å²) in [4.78, 5) is 4.32. The first kappa shape index (κ1) is 12.4. The third kappa shape index (κ3) is 2.16. The number of aryl methyl sites for hydroxylation is 1. The molecule has 6 heteroatoms. The monoisotopic (exact) mass is 268 g/mol. The normalized spacial score (nSPS) is 10.8. The second-order valence-electron chi connectivity index (χ2n) is 4.49. The molecule has 2 heterocycles. The molecule has 0 spiro atoms. The van der Waals surface area contributed by atoms with Crippen LogP contribution >= 0.6 is 0 Å². The fourth-order valence-corrected chi connectivity index (χ4v) is 2.20. The Bertz CT molecular complexity index is 733. The SMILES string of the molecule is CCn1cnnc1CNc1ccc(N)c2ncccc12. The zero-order valence-corrected chi connectivity index (χ0v) is 11.2. The number of hydrogen-bond donors (Lipinski definition) is 2. The van der Waals surface area contributed by atoms with Gasteiger partial charge in [-0.15, -0.1) is 10.2 Å². The van der Waals surface area contributed by atoms with Crippen molar-refractivity contribution in [3.63, 3.8) is 0 Å². The average molecular weight is 268 g/mol. The Hall–Kier alpha value is -2.63. The third-order valence-corrected chi connectivity index (χ3v) is 3.27. The van der Waals surface area contributed by atoms with Gasteiger partial charge in [-0.1, -0.05) is 0 Å². The highest BCUT2D eigenvalue weighted by molar-refractivity contribution is 5.98. The molecule has 2 aromatic heterocycles. The molecule has 0 atom stereocenters. The Labute approximate surface area is 116 Å². The number of nitrogens with two attached hydrogens (primary N) is 1. The number of nitrogens with one attached hydrogen (secondary N) is 1. The molecule has 0 aliphatic heterocycles. The van der Waals surface area contributed by atoms with Crippen molar-refractivity contribution < 1.29 is 0 Å². The maximum atomic E-state index is 5.94. The predicted molar refractivity (Wildman–Crippen MR) is 79.2 cm³/mol. The number of hydrogen-bond acceptors (Lipinski definition) is 5. The van der Waals surface area contributed by atoms with E-state index in [4.69, 9.17) is 5.73 Å². The summed E-state index contributed by atoms with van der Waals surface area (Å²) in [7, 11) is 0. The summed E-state index contributed by atoms with van der Waals surface area (Å²) in [5.41, 5.74) is 8.44. The van der Waals surface area contributed by atoms with Crippen LogP contribution in [0.15, 0.2) is 36.8 Å². The van der Waals surface area contributed by atoms with Gasteiger partial charge < -0.3 is 15.6 Å². The molecular formula is C14H16N6. The first-order chi connectivity index (χ1) is 9.79. The molecule has 0 radical (unpaired) electrons. The molecule has 102 valence electrons. The predicted octanol–water partition coefficient (Wildman–Crippen LogP) is 2.04. The molecule has 0 fully saturated rings.